The van der Waals surface area contributed by atoms with Crippen LogP contribution in [0.15, 0.2) is 81.3 Å². The molecule has 30 heavy (non-hydrogen) atoms. The molecule has 0 saturated carbocycles. The Kier molecular flexibility index (Phi) is 5.17. The van der Waals surface area contributed by atoms with Crippen molar-refractivity contribution >= 4 is 27.3 Å². The molecular formula is C22H21N3O4S. The van der Waals surface area contributed by atoms with Gasteiger partial charge >= 0.3 is 0 Å². The Hall–Kier alpha value is -3.39. The Bertz CT molecular complexity index is 1200. The van der Waals surface area contributed by atoms with E-state index in [0.29, 0.717) is 29.1 Å². The highest BCUT2D eigenvalue weighted by Gasteiger charge is 2.34. The number of carbonyl (C=O) groups excluding carboxylic acids is 1. The van der Waals surface area contributed by atoms with Crippen molar-refractivity contribution in [3.05, 3.63) is 83.8 Å². The van der Waals surface area contributed by atoms with Gasteiger partial charge in [0.2, 0.25) is 5.91 Å². The summed E-state index contributed by atoms with van der Waals surface area (Å²) in [6.45, 7) is 3.34. The van der Waals surface area contributed by atoms with Crippen LogP contribution in [-0.4, -0.2) is 25.0 Å². The fraction of sp³-hybridized carbons (Fsp3) is 0.182. The van der Waals surface area contributed by atoms with Crippen LogP contribution in [0.3, 0.4) is 0 Å². The van der Waals surface area contributed by atoms with E-state index in [1.54, 1.807) is 66.9 Å². The van der Waals surface area contributed by atoms with Gasteiger partial charge in [-0.2, -0.15) is 5.10 Å². The first-order chi connectivity index (χ1) is 14.3. The summed E-state index contributed by atoms with van der Waals surface area (Å²) in [6, 6.07) is 16.8. The molecule has 7 nitrogen and oxygen atoms in total. The number of rotatable bonds is 5. The van der Waals surface area contributed by atoms with Gasteiger partial charge in [0, 0.05) is 18.9 Å². The number of hydrazone groups is 1. The molecule has 1 aliphatic rings. The highest BCUT2D eigenvalue weighted by Crippen LogP contribution is 2.35. The second-order valence-corrected chi connectivity index (χ2v) is 8.79. The molecule has 0 spiro atoms. The van der Waals surface area contributed by atoms with E-state index in [4.69, 9.17) is 4.42 Å². The molecule has 0 bridgehead atoms. The molecule has 1 aliphatic heterocycles. The van der Waals surface area contributed by atoms with Crippen molar-refractivity contribution in [2.45, 2.75) is 31.2 Å². The summed E-state index contributed by atoms with van der Waals surface area (Å²) in [6.07, 6.45) is 1.96. The molecule has 2 heterocycles. The first kappa shape index (κ1) is 19.9. The van der Waals surface area contributed by atoms with Crippen molar-refractivity contribution in [2.75, 3.05) is 4.72 Å². The van der Waals surface area contributed by atoms with Gasteiger partial charge in [0.05, 0.1) is 22.6 Å². The topological polar surface area (TPSA) is 92.0 Å². The molecule has 154 valence electrons. The summed E-state index contributed by atoms with van der Waals surface area (Å²) in [4.78, 5) is 12.3. The third kappa shape index (κ3) is 3.86. The standard InChI is InChI=1S/C22H21N3O4S/c1-15-9-11-17(12-10-15)30(27,28)24-19-7-4-3-6-18(19)20-14-21(22-8-5-13-29-22)25(23-20)16(2)26/h3-13,21,24H,14H2,1-2H3. The fourth-order valence-electron chi connectivity index (χ4n) is 3.41. The highest BCUT2D eigenvalue weighted by atomic mass is 32.2. The van der Waals surface area contributed by atoms with Crippen LogP contribution in [0.1, 0.15) is 36.3 Å². The van der Waals surface area contributed by atoms with Gasteiger partial charge in [0.15, 0.2) is 0 Å². The van der Waals surface area contributed by atoms with Crippen LogP contribution in [0.4, 0.5) is 5.69 Å². The van der Waals surface area contributed by atoms with Gasteiger partial charge in [-0.05, 0) is 37.3 Å². The van der Waals surface area contributed by atoms with E-state index in [0.717, 1.165) is 5.56 Å². The Balaban J connectivity index is 1.67. The number of hydrogen-bond acceptors (Lipinski definition) is 5. The van der Waals surface area contributed by atoms with Crippen LogP contribution in [0.25, 0.3) is 0 Å². The number of aryl methyl sites for hydroxylation is 1. The summed E-state index contributed by atoms with van der Waals surface area (Å²) in [5.74, 6) is 0.408. The van der Waals surface area contributed by atoms with Gasteiger partial charge < -0.3 is 4.42 Å². The van der Waals surface area contributed by atoms with E-state index < -0.39 is 10.0 Å². The average Bonchev–Trinajstić information content (AvgIpc) is 3.38. The number of carbonyl (C=O) groups is 1. The van der Waals surface area contributed by atoms with Crippen LogP contribution in [0, 0.1) is 6.92 Å². The fourth-order valence-corrected chi connectivity index (χ4v) is 4.49. The van der Waals surface area contributed by atoms with Crippen molar-refractivity contribution in [1.29, 1.82) is 0 Å². The predicted octanol–water partition coefficient (Wildman–Crippen LogP) is 4.09. The second kappa shape index (κ2) is 7.79. The molecule has 0 saturated heterocycles. The lowest BCUT2D eigenvalue weighted by Gasteiger charge is -2.17. The van der Waals surface area contributed by atoms with E-state index in [9.17, 15) is 13.2 Å². The van der Waals surface area contributed by atoms with Gasteiger partial charge in [0.1, 0.15) is 11.8 Å². The zero-order valence-electron chi connectivity index (χ0n) is 16.6. The third-order valence-electron chi connectivity index (χ3n) is 4.92. The lowest BCUT2D eigenvalue weighted by atomic mass is 10.0. The van der Waals surface area contributed by atoms with E-state index >= 15 is 0 Å². The molecule has 1 amide bonds. The third-order valence-corrected chi connectivity index (χ3v) is 6.30. The maximum absolute atomic E-state index is 12.9. The predicted molar refractivity (Wildman–Crippen MR) is 114 cm³/mol. The number of furan rings is 1. The number of hydrogen-bond donors (Lipinski definition) is 1. The van der Waals surface area contributed by atoms with Gasteiger partial charge in [0.25, 0.3) is 10.0 Å². The quantitative estimate of drug-likeness (QED) is 0.669. The minimum Gasteiger partial charge on any atom is -0.467 e. The Morgan fingerprint density at radius 1 is 1.10 bits per heavy atom. The minimum atomic E-state index is -3.77. The molecule has 0 radical (unpaired) electrons. The number of sulfonamides is 1. The molecule has 1 aromatic heterocycles. The highest BCUT2D eigenvalue weighted by molar-refractivity contribution is 7.92. The molecule has 3 aromatic rings. The number of nitrogens with one attached hydrogen (secondary N) is 1. The minimum absolute atomic E-state index is 0.176. The summed E-state index contributed by atoms with van der Waals surface area (Å²) < 4.78 is 33.9. The van der Waals surface area contributed by atoms with E-state index in [1.165, 1.54) is 11.9 Å². The van der Waals surface area contributed by atoms with Gasteiger partial charge in [-0.1, -0.05) is 35.9 Å². The van der Waals surface area contributed by atoms with E-state index in [1.807, 2.05) is 6.92 Å². The van der Waals surface area contributed by atoms with Crippen molar-refractivity contribution in [3.63, 3.8) is 0 Å². The number of nitrogens with zero attached hydrogens (tertiary/aromatic N) is 2. The Morgan fingerprint density at radius 3 is 2.50 bits per heavy atom. The van der Waals surface area contributed by atoms with Crippen LogP contribution < -0.4 is 4.72 Å². The molecule has 2 aromatic carbocycles. The molecular weight excluding hydrogens is 402 g/mol. The van der Waals surface area contributed by atoms with E-state index in [2.05, 4.69) is 9.82 Å². The summed E-state index contributed by atoms with van der Waals surface area (Å²) >= 11 is 0. The Labute approximate surface area is 175 Å². The number of anilines is 1. The summed E-state index contributed by atoms with van der Waals surface area (Å²) in [7, 11) is -3.77. The van der Waals surface area contributed by atoms with Gasteiger partial charge in [-0.25, -0.2) is 13.4 Å². The molecule has 0 fully saturated rings. The largest absolute Gasteiger partial charge is 0.467 e. The number of para-hydroxylation sites is 1. The molecule has 8 heteroatoms. The molecule has 1 N–H and O–H groups in total. The molecule has 1 unspecified atom stereocenters. The first-order valence-electron chi connectivity index (χ1n) is 9.45. The van der Waals surface area contributed by atoms with Crippen molar-refractivity contribution < 1.29 is 17.6 Å². The van der Waals surface area contributed by atoms with E-state index in [-0.39, 0.29) is 16.8 Å². The smallest absolute Gasteiger partial charge is 0.261 e. The number of benzene rings is 2. The van der Waals surface area contributed by atoms with Crippen molar-refractivity contribution in [3.8, 4) is 0 Å². The van der Waals surface area contributed by atoms with Gasteiger partial charge in [-0.3, -0.25) is 9.52 Å². The lowest BCUT2D eigenvalue weighted by Crippen LogP contribution is -2.23. The van der Waals surface area contributed by atoms with Crippen molar-refractivity contribution in [2.24, 2.45) is 5.10 Å². The summed E-state index contributed by atoms with van der Waals surface area (Å²) in [5.41, 5.74) is 2.60. The Morgan fingerprint density at radius 2 is 1.83 bits per heavy atom. The summed E-state index contributed by atoms with van der Waals surface area (Å²) in [5, 5.41) is 5.85. The van der Waals surface area contributed by atoms with Crippen LogP contribution in [0.2, 0.25) is 0 Å². The normalized spacial score (nSPS) is 16.4. The van der Waals surface area contributed by atoms with Gasteiger partial charge in [-0.15, -0.1) is 0 Å². The SMILES string of the molecule is CC(=O)N1N=C(c2ccccc2NS(=O)(=O)c2ccc(C)cc2)CC1c1ccco1. The monoisotopic (exact) mass is 423 g/mol. The maximum atomic E-state index is 12.9. The van der Waals surface area contributed by atoms with Crippen molar-refractivity contribution in [1.82, 2.24) is 5.01 Å². The molecule has 1 atom stereocenters. The average molecular weight is 423 g/mol. The maximum Gasteiger partial charge on any atom is 0.261 e. The zero-order valence-corrected chi connectivity index (χ0v) is 17.4. The van der Waals surface area contributed by atoms with Crippen LogP contribution in [0.5, 0.6) is 0 Å². The molecule has 4 rings (SSSR count). The first-order valence-corrected chi connectivity index (χ1v) is 10.9. The molecule has 0 aliphatic carbocycles. The van der Waals surface area contributed by atoms with Crippen LogP contribution in [-0.2, 0) is 14.8 Å². The van der Waals surface area contributed by atoms with Crippen LogP contribution >= 0.6 is 0 Å². The zero-order chi connectivity index (χ0) is 21.3. The number of amides is 1. The second-order valence-electron chi connectivity index (χ2n) is 7.11. The lowest BCUT2D eigenvalue weighted by molar-refractivity contribution is -0.130.